The maximum Gasteiger partial charge on any atom is 0.232 e. The van der Waals surface area contributed by atoms with Gasteiger partial charge in [-0.3, -0.25) is 4.79 Å². The van der Waals surface area contributed by atoms with Gasteiger partial charge in [-0.2, -0.15) is 4.99 Å². The number of nitrogens with zero attached hydrogens (tertiary/aromatic N) is 1. The van der Waals surface area contributed by atoms with E-state index >= 15 is 0 Å². The standard InChI is InChI=1S/C3H7BN3O/c1-4-2(8)7-3(5)6/h1H3,(H4,5,6,7,8). The summed E-state index contributed by atoms with van der Waals surface area (Å²) in [6.45, 7) is 1.56. The molecular weight excluding hydrogens is 105 g/mol. The molecule has 4 N–H and O–H groups in total. The first-order chi connectivity index (χ1) is 3.66. The van der Waals surface area contributed by atoms with Crippen LogP contribution in [-0.2, 0) is 0 Å². The fraction of sp³-hybridized carbons (Fsp3) is 0.333. The van der Waals surface area contributed by atoms with Gasteiger partial charge in [0.05, 0.1) is 0 Å². The van der Waals surface area contributed by atoms with Gasteiger partial charge in [-0.1, -0.05) is 6.82 Å². The topological polar surface area (TPSA) is 81.5 Å². The summed E-state index contributed by atoms with van der Waals surface area (Å²) < 4.78 is 0. The molecule has 4 nitrogen and oxygen atoms in total. The van der Waals surface area contributed by atoms with Gasteiger partial charge in [-0.05, 0) is 0 Å². The Hall–Kier alpha value is -0.995. The number of hydrogen-bond donors (Lipinski definition) is 2. The molecule has 0 atom stereocenters. The lowest BCUT2D eigenvalue weighted by molar-refractivity contribution is 0.266. The second-order valence-corrected chi connectivity index (χ2v) is 1.16. The lowest BCUT2D eigenvalue weighted by atomic mass is 9.82. The van der Waals surface area contributed by atoms with Gasteiger partial charge in [-0.15, -0.1) is 0 Å². The van der Waals surface area contributed by atoms with Crippen molar-refractivity contribution in [3.8, 4) is 0 Å². The summed E-state index contributed by atoms with van der Waals surface area (Å²) in [5.41, 5.74) is 9.71. The molecule has 1 radical (unpaired) electrons. The van der Waals surface area contributed by atoms with Crippen LogP contribution < -0.4 is 11.5 Å². The van der Waals surface area contributed by atoms with E-state index in [4.69, 9.17) is 11.5 Å². The molecule has 5 heteroatoms. The number of rotatable bonds is 1. The fourth-order valence-electron chi connectivity index (χ4n) is 0.192. The molecule has 43 valence electrons. The molecule has 0 aliphatic rings. The zero-order chi connectivity index (χ0) is 6.57. The maximum absolute atomic E-state index is 10.2. The highest BCUT2D eigenvalue weighted by Crippen LogP contribution is 1.72. The van der Waals surface area contributed by atoms with Crippen molar-refractivity contribution in [2.45, 2.75) is 6.82 Å². The van der Waals surface area contributed by atoms with Gasteiger partial charge in [0, 0.05) is 0 Å². The van der Waals surface area contributed by atoms with Gasteiger partial charge >= 0.3 is 0 Å². The Kier molecular flexibility index (Phi) is 2.68. The van der Waals surface area contributed by atoms with Crippen LogP contribution in [0.2, 0.25) is 6.82 Å². The maximum atomic E-state index is 10.2. The Morgan fingerprint density at radius 2 is 2.12 bits per heavy atom. The van der Waals surface area contributed by atoms with Crippen molar-refractivity contribution in [2.75, 3.05) is 0 Å². The third-order valence-corrected chi connectivity index (χ3v) is 0.486. The van der Waals surface area contributed by atoms with Crippen molar-refractivity contribution in [3.63, 3.8) is 0 Å². The van der Waals surface area contributed by atoms with Gasteiger partial charge in [0.2, 0.25) is 7.28 Å². The van der Waals surface area contributed by atoms with E-state index in [9.17, 15) is 4.79 Å². The van der Waals surface area contributed by atoms with Crippen molar-refractivity contribution in [1.29, 1.82) is 0 Å². The van der Waals surface area contributed by atoms with Gasteiger partial charge in [-0.25, -0.2) is 0 Å². The fourth-order valence-corrected chi connectivity index (χ4v) is 0.192. The molecule has 0 rings (SSSR count). The van der Waals surface area contributed by atoms with Crippen LogP contribution >= 0.6 is 0 Å². The third kappa shape index (κ3) is 3.20. The third-order valence-electron chi connectivity index (χ3n) is 0.486. The normalized spacial score (nSPS) is 7.62. The van der Waals surface area contributed by atoms with Gasteiger partial charge < -0.3 is 11.5 Å². The first kappa shape index (κ1) is 7.00. The van der Waals surface area contributed by atoms with E-state index in [1.54, 1.807) is 6.82 Å². The number of nitrogens with two attached hydrogens (primary N) is 2. The van der Waals surface area contributed by atoms with E-state index in [1.807, 2.05) is 0 Å². The number of guanidine groups is 1. The zero-order valence-electron chi connectivity index (χ0n) is 4.59. The summed E-state index contributed by atoms with van der Waals surface area (Å²) >= 11 is 0. The van der Waals surface area contributed by atoms with Crippen LogP contribution in [-0.4, -0.2) is 19.0 Å². The van der Waals surface area contributed by atoms with Gasteiger partial charge in [0.25, 0.3) is 0 Å². The quantitative estimate of drug-likeness (QED) is 0.263. The summed E-state index contributed by atoms with van der Waals surface area (Å²) in [5, 5.41) is 0. The predicted octanol–water partition coefficient (Wildman–Crippen LogP) is -0.868. The first-order valence-electron chi connectivity index (χ1n) is 2.09. The molecular formula is C3H7BN3O. The number of carbonyl (C=O) groups excluding carboxylic acids is 1. The van der Waals surface area contributed by atoms with E-state index in [2.05, 4.69) is 4.99 Å². The first-order valence-corrected chi connectivity index (χ1v) is 2.09. The summed E-state index contributed by atoms with van der Waals surface area (Å²) in [4.78, 5) is 13.4. The highest BCUT2D eigenvalue weighted by atomic mass is 16.1. The van der Waals surface area contributed by atoms with Crippen molar-refractivity contribution in [2.24, 2.45) is 16.5 Å². The predicted molar refractivity (Wildman–Crippen MR) is 32.8 cm³/mol. The molecule has 8 heavy (non-hydrogen) atoms. The van der Waals surface area contributed by atoms with E-state index in [0.717, 1.165) is 0 Å². The molecule has 0 spiro atoms. The molecule has 0 aromatic heterocycles. The van der Waals surface area contributed by atoms with Crippen LogP contribution in [0.5, 0.6) is 0 Å². The summed E-state index contributed by atoms with van der Waals surface area (Å²) in [6.07, 6.45) is 0. The lowest BCUT2D eigenvalue weighted by Gasteiger charge is -1.85. The van der Waals surface area contributed by atoms with Crippen LogP contribution in [0.4, 0.5) is 4.79 Å². The Balaban J connectivity index is 3.70. The molecule has 0 unspecified atom stereocenters. The van der Waals surface area contributed by atoms with Crippen molar-refractivity contribution in [3.05, 3.63) is 0 Å². The zero-order valence-corrected chi connectivity index (χ0v) is 4.59. The van der Waals surface area contributed by atoms with Crippen molar-refractivity contribution >= 4 is 19.0 Å². The molecule has 1 amide bonds. The Morgan fingerprint density at radius 1 is 1.62 bits per heavy atom. The SMILES string of the molecule is C[B]C(=O)N=C(N)N. The molecule has 0 aromatic carbocycles. The monoisotopic (exact) mass is 112 g/mol. The number of hydrogen-bond acceptors (Lipinski definition) is 1. The van der Waals surface area contributed by atoms with Crippen molar-refractivity contribution < 1.29 is 4.79 Å². The van der Waals surface area contributed by atoms with E-state index < -0.39 is 5.81 Å². The smallest absolute Gasteiger partial charge is 0.232 e. The minimum atomic E-state index is -0.412. The Bertz CT molecular complexity index is 118. The van der Waals surface area contributed by atoms with E-state index in [1.165, 1.54) is 7.28 Å². The number of carbonyl (C=O) groups is 1. The van der Waals surface area contributed by atoms with Crippen LogP contribution in [0.3, 0.4) is 0 Å². The molecule has 0 saturated heterocycles. The molecule has 0 aliphatic heterocycles. The molecule has 0 heterocycles. The van der Waals surface area contributed by atoms with Crippen LogP contribution in [0.1, 0.15) is 0 Å². The summed E-state index contributed by atoms with van der Waals surface area (Å²) in [7, 11) is 1.28. The Morgan fingerprint density at radius 3 is 2.25 bits per heavy atom. The summed E-state index contributed by atoms with van der Waals surface area (Å²) in [6, 6.07) is 0. The molecule has 0 fully saturated rings. The molecule has 0 aromatic rings. The van der Waals surface area contributed by atoms with Crippen LogP contribution in [0.25, 0.3) is 0 Å². The van der Waals surface area contributed by atoms with Crippen molar-refractivity contribution in [1.82, 2.24) is 0 Å². The lowest BCUT2D eigenvalue weighted by Crippen LogP contribution is -2.24. The average molecular weight is 112 g/mol. The average Bonchev–Trinajstić information content (AvgIpc) is 1.65. The second kappa shape index (κ2) is 3.07. The molecule has 0 saturated carbocycles. The minimum Gasteiger partial charge on any atom is -0.370 e. The molecule has 0 bridgehead atoms. The van der Waals surface area contributed by atoms with Gasteiger partial charge in [0.1, 0.15) is 0 Å². The second-order valence-electron chi connectivity index (χ2n) is 1.16. The van der Waals surface area contributed by atoms with Crippen LogP contribution in [0.15, 0.2) is 4.99 Å². The highest BCUT2D eigenvalue weighted by Gasteiger charge is 1.92. The van der Waals surface area contributed by atoms with E-state index in [-0.39, 0.29) is 5.96 Å². The summed E-state index contributed by atoms with van der Waals surface area (Å²) in [5.74, 6) is -0.613. The minimum absolute atomic E-state index is 0.201. The number of aliphatic imine (C=N–C) groups is 1. The number of amides is 1. The van der Waals surface area contributed by atoms with Crippen LogP contribution in [0, 0.1) is 0 Å². The van der Waals surface area contributed by atoms with E-state index in [0.29, 0.717) is 0 Å². The van der Waals surface area contributed by atoms with Gasteiger partial charge in [0.15, 0.2) is 11.8 Å². The Labute approximate surface area is 48.2 Å². The molecule has 0 aliphatic carbocycles. The largest absolute Gasteiger partial charge is 0.370 e. The highest BCUT2D eigenvalue weighted by molar-refractivity contribution is 6.73.